The third-order valence-corrected chi connectivity index (χ3v) is 10.5. The Kier molecular flexibility index (Phi) is 4.17. The summed E-state index contributed by atoms with van der Waals surface area (Å²) in [5.74, 6) is 0.381. The molecule has 3 atom stereocenters. The number of hydrogen-bond donors (Lipinski definition) is 0. The Morgan fingerprint density at radius 1 is 1.17 bits per heavy atom. The number of carbonyl (C=O) groups is 1. The lowest BCUT2D eigenvalue weighted by molar-refractivity contribution is -0.138. The van der Waals surface area contributed by atoms with Crippen LogP contribution in [-0.4, -0.2) is 31.3 Å². The molecule has 3 rings (SSSR count). The monoisotopic (exact) mass is 331 g/mol. The smallest absolute Gasteiger partial charge is 0.228 e. The Hall–Kier alpha value is -1.13. The number of benzene rings is 1. The summed E-state index contributed by atoms with van der Waals surface area (Å²) in [4.78, 5) is 14.9. The fourth-order valence-electron chi connectivity index (χ4n) is 3.55. The highest BCUT2D eigenvalue weighted by molar-refractivity contribution is 6.74. The molecule has 1 heterocycles. The number of rotatable bonds is 4. The van der Waals surface area contributed by atoms with E-state index >= 15 is 0 Å². The molecule has 0 spiro atoms. The Labute approximate surface area is 141 Å². The van der Waals surface area contributed by atoms with E-state index in [9.17, 15) is 4.79 Å². The Balaban J connectivity index is 1.67. The molecule has 1 aliphatic carbocycles. The molecule has 3 nitrogen and oxygen atoms in total. The molecule has 4 heteroatoms. The second kappa shape index (κ2) is 5.74. The number of hydrogen-bond acceptors (Lipinski definition) is 2. The SMILES string of the molecule is CC(C)(C)[Si](C)(C)O[C@@H]1C[C@@H]2C[C@H]1C(=O)N2Cc1ccccc1. The van der Waals surface area contributed by atoms with Crippen LogP contribution < -0.4 is 0 Å². The van der Waals surface area contributed by atoms with E-state index in [1.54, 1.807) is 0 Å². The maximum Gasteiger partial charge on any atom is 0.228 e. The first-order valence-electron chi connectivity index (χ1n) is 8.71. The number of likely N-dealkylation sites (tertiary alicyclic amines) is 1. The van der Waals surface area contributed by atoms with Crippen LogP contribution in [0, 0.1) is 5.92 Å². The number of fused-ring (bicyclic) bond motifs is 2. The minimum Gasteiger partial charge on any atom is -0.413 e. The average Bonchev–Trinajstić information content (AvgIpc) is 2.98. The summed E-state index contributed by atoms with van der Waals surface area (Å²) in [6.07, 6.45) is 2.13. The molecule has 1 aromatic carbocycles. The van der Waals surface area contributed by atoms with Crippen LogP contribution in [0.15, 0.2) is 30.3 Å². The van der Waals surface area contributed by atoms with Crippen LogP contribution >= 0.6 is 0 Å². The number of nitrogens with zero attached hydrogens (tertiary/aromatic N) is 1. The van der Waals surface area contributed by atoms with Crippen molar-refractivity contribution in [2.24, 2.45) is 5.92 Å². The van der Waals surface area contributed by atoms with Gasteiger partial charge >= 0.3 is 0 Å². The van der Waals surface area contributed by atoms with Gasteiger partial charge in [-0.3, -0.25) is 4.79 Å². The zero-order valence-electron chi connectivity index (χ0n) is 15.0. The second-order valence-electron chi connectivity index (χ2n) is 8.60. The van der Waals surface area contributed by atoms with Gasteiger partial charge in [0.2, 0.25) is 5.91 Å². The van der Waals surface area contributed by atoms with Gasteiger partial charge in [-0.05, 0) is 36.5 Å². The lowest BCUT2D eigenvalue weighted by Gasteiger charge is -2.41. The molecule has 1 aromatic rings. The highest BCUT2D eigenvalue weighted by Crippen LogP contribution is 2.45. The molecular weight excluding hydrogens is 302 g/mol. The predicted molar refractivity (Wildman–Crippen MR) is 95.6 cm³/mol. The van der Waals surface area contributed by atoms with Gasteiger partial charge in [0.15, 0.2) is 8.32 Å². The maximum absolute atomic E-state index is 12.8. The molecular formula is C19H29NO2Si. The van der Waals surface area contributed by atoms with E-state index < -0.39 is 8.32 Å². The molecule has 2 bridgehead atoms. The lowest BCUT2D eigenvalue weighted by Crippen LogP contribution is -2.49. The van der Waals surface area contributed by atoms with E-state index in [-0.39, 0.29) is 17.1 Å². The highest BCUT2D eigenvalue weighted by atomic mass is 28.4. The summed E-state index contributed by atoms with van der Waals surface area (Å²) >= 11 is 0. The molecule has 2 aliphatic rings. The molecule has 0 aromatic heterocycles. The minimum atomic E-state index is -1.80. The fourth-order valence-corrected chi connectivity index (χ4v) is 4.92. The fraction of sp³-hybridized carbons (Fsp3) is 0.632. The molecule has 1 saturated carbocycles. The van der Waals surface area contributed by atoms with E-state index in [2.05, 4.69) is 50.9 Å². The molecule has 126 valence electrons. The van der Waals surface area contributed by atoms with Crippen LogP contribution in [0.5, 0.6) is 0 Å². The van der Waals surface area contributed by atoms with Gasteiger partial charge in [0.05, 0.1) is 12.0 Å². The second-order valence-corrected chi connectivity index (χ2v) is 13.4. The van der Waals surface area contributed by atoms with Gasteiger partial charge in [-0.2, -0.15) is 0 Å². The van der Waals surface area contributed by atoms with E-state index in [4.69, 9.17) is 4.43 Å². The molecule has 1 saturated heterocycles. The Morgan fingerprint density at radius 2 is 1.83 bits per heavy atom. The van der Waals surface area contributed by atoms with Gasteiger partial charge in [0.25, 0.3) is 0 Å². The molecule has 1 amide bonds. The zero-order valence-corrected chi connectivity index (χ0v) is 16.0. The van der Waals surface area contributed by atoms with Gasteiger partial charge in [-0.1, -0.05) is 51.1 Å². The van der Waals surface area contributed by atoms with Crippen molar-refractivity contribution in [3.05, 3.63) is 35.9 Å². The number of amides is 1. The molecule has 0 unspecified atom stereocenters. The van der Waals surface area contributed by atoms with E-state index in [0.717, 1.165) is 19.4 Å². The van der Waals surface area contributed by atoms with Gasteiger partial charge in [-0.15, -0.1) is 0 Å². The van der Waals surface area contributed by atoms with Gasteiger partial charge in [0.1, 0.15) is 0 Å². The maximum atomic E-state index is 12.8. The average molecular weight is 332 g/mol. The third-order valence-electron chi connectivity index (χ3n) is 5.97. The van der Waals surface area contributed by atoms with Gasteiger partial charge in [0, 0.05) is 12.6 Å². The van der Waals surface area contributed by atoms with Crippen molar-refractivity contribution in [2.75, 3.05) is 0 Å². The van der Waals surface area contributed by atoms with Crippen molar-refractivity contribution in [1.29, 1.82) is 0 Å². The van der Waals surface area contributed by atoms with E-state index in [1.165, 1.54) is 5.56 Å². The molecule has 2 fully saturated rings. The summed E-state index contributed by atoms with van der Waals surface area (Å²) in [7, 11) is -1.80. The predicted octanol–water partition coefficient (Wildman–Crippen LogP) is 4.20. The standard InChI is InChI=1S/C19H29NO2Si/c1-19(2,3)23(4,5)22-17-12-15-11-16(17)18(21)20(15)13-14-9-7-6-8-10-14/h6-10,15-17H,11-13H2,1-5H3/t15-,16+,17+/m0/s1. The summed E-state index contributed by atoms with van der Waals surface area (Å²) in [5, 5.41) is 0.196. The summed E-state index contributed by atoms with van der Waals surface area (Å²) < 4.78 is 6.56. The van der Waals surface area contributed by atoms with Crippen LogP contribution in [0.2, 0.25) is 18.1 Å². The van der Waals surface area contributed by atoms with Crippen molar-refractivity contribution in [1.82, 2.24) is 4.90 Å². The molecule has 0 N–H and O–H groups in total. The van der Waals surface area contributed by atoms with Crippen molar-refractivity contribution in [3.8, 4) is 0 Å². The molecule has 1 aliphatic heterocycles. The van der Waals surface area contributed by atoms with Crippen molar-refractivity contribution in [3.63, 3.8) is 0 Å². The van der Waals surface area contributed by atoms with Crippen LogP contribution in [0.25, 0.3) is 0 Å². The number of carbonyl (C=O) groups excluding carboxylic acids is 1. The number of piperidine rings is 1. The van der Waals surface area contributed by atoms with Crippen LogP contribution in [-0.2, 0) is 15.8 Å². The Bertz CT molecular complexity index is 579. The topological polar surface area (TPSA) is 29.5 Å². The minimum absolute atomic E-state index is 0.0813. The highest BCUT2D eigenvalue weighted by Gasteiger charge is 2.53. The quantitative estimate of drug-likeness (QED) is 0.774. The molecule has 23 heavy (non-hydrogen) atoms. The van der Waals surface area contributed by atoms with Crippen LogP contribution in [0.4, 0.5) is 0 Å². The van der Waals surface area contributed by atoms with Crippen molar-refractivity contribution in [2.45, 2.75) is 70.4 Å². The van der Waals surface area contributed by atoms with Gasteiger partial charge in [-0.25, -0.2) is 0 Å². The van der Waals surface area contributed by atoms with Crippen LogP contribution in [0.3, 0.4) is 0 Å². The van der Waals surface area contributed by atoms with Crippen molar-refractivity contribution >= 4 is 14.2 Å². The van der Waals surface area contributed by atoms with Crippen LogP contribution in [0.1, 0.15) is 39.2 Å². The summed E-state index contributed by atoms with van der Waals surface area (Å²) in [5.41, 5.74) is 1.22. The zero-order chi connectivity index (χ0) is 16.8. The third kappa shape index (κ3) is 3.11. The summed E-state index contributed by atoms with van der Waals surface area (Å²) in [6, 6.07) is 10.7. The van der Waals surface area contributed by atoms with E-state index in [1.807, 2.05) is 18.2 Å². The Morgan fingerprint density at radius 3 is 2.39 bits per heavy atom. The first-order chi connectivity index (χ1) is 10.7. The first kappa shape index (κ1) is 16.7. The van der Waals surface area contributed by atoms with Crippen molar-refractivity contribution < 1.29 is 9.22 Å². The van der Waals surface area contributed by atoms with Gasteiger partial charge < -0.3 is 9.33 Å². The largest absolute Gasteiger partial charge is 0.413 e. The lowest BCUT2D eigenvalue weighted by atomic mass is 10.0. The molecule has 0 radical (unpaired) electrons. The first-order valence-corrected chi connectivity index (χ1v) is 11.6. The summed E-state index contributed by atoms with van der Waals surface area (Å²) in [6.45, 7) is 12.1. The van der Waals surface area contributed by atoms with E-state index in [0.29, 0.717) is 11.9 Å². The normalized spacial score (nSPS) is 27.8.